The van der Waals surface area contributed by atoms with Crippen molar-refractivity contribution in [3.63, 3.8) is 0 Å². The molecule has 2 rings (SSSR count). The molecule has 0 spiro atoms. The van der Waals surface area contributed by atoms with Crippen LogP contribution in [-0.2, 0) is 16.1 Å². The van der Waals surface area contributed by atoms with Crippen molar-refractivity contribution in [2.75, 3.05) is 5.32 Å². The smallest absolute Gasteiger partial charge is 0.313 e. The number of nitrogens with one attached hydrogen (secondary N) is 2. The number of carbonyl (C=O) groups is 2. The summed E-state index contributed by atoms with van der Waals surface area (Å²) in [6, 6.07) is 14.9. The maximum absolute atomic E-state index is 12.0. The molecule has 0 bridgehead atoms. The monoisotopic (exact) mass is 354 g/mol. The highest BCUT2D eigenvalue weighted by atomic mass is 16.5. The molecule has 0 radical (unpaired) electrons. The molecular formula is C21H26N2O3. The summed E-state index contributed by atoms with van der Waals surface area (Å²) in [5.74, 6) is -0.184. The number of ether oxygens (including phenoxy) is 1. The van der Waals surface area contributed by atoms with Gasteiger partial charge in [0.2, 0.25) is 0 Å². The lowest BCUT2D eigenvalue weighted by Gasteiger charge is -2.11. The van der Waals surface area contributed by atoms with Gasteiger partial charge in [-0.3, -0.25) is 9.59 Å². The van der Waals surface area contributed by atoms with Gasteiger partial charge in [-0.1, -0.05) is 38.1 Å². The Morgan fingerprint density at radius 1 is 0.885 bits per heavy atom. The second kappa shape index (κ2) is 9.04. The molecule has 2 aromatic rings. The quantitative estimate of drug-likeness (QED) is 0.774. The van der Waals surface area contributed by atoms with Crippen molar-refractivity contribution in [2.45, 2.75) is 46.3 Å². The van der Waals surface area contributed by atoms with Gasteiger partial charge in [0.25, 0.3) is 0 Å². The summed E-state index contributed by atoms with van der Waals surface area (Å²) in [6.45, 7) is 8.45. The fraction of sp³-hybridized carbons (Fsp3) is 0.333. The van der Waals surface area contributed by atoms with Crippen LogP contribution in [0.25, 0.3) is 0 Å². The molecule has 2 N–H and O–H groups in total. The van der Waals surface area contributed by atoms with Gasteiger partial charge in [0, 0.05) is 12.2 Å². The normalized spacial score (nSPS) is 10.7. The fourth-order valence-corrected chi connectivity index (χ4v) is 2.36. The van der Waals surface area contributed by atoms with Crippen molar-refractivity contribution >= 4 is 17.5 Å². The first kappa shape index (κ1) is 19.5. The number of amides is 2. The summed E-state index contributed by atoms with van der Waals surface area (Å²) in [7, 11) is 0. The Morgan fingerprint density at radius 3 is 2.04 bits per heavy atom. The molecule has 0 atom stereocenters. The summed E-state index contributed by atoms with van der Waals surface area (Å²) in [4.78, 5) is 23.9. The van der Waals surface area contributed by atoms with Crippen LogP contribution in [-0.4, -0.2) is 17.9 Å². The van der Waals surface area contributed by atoms with Crippen LogP contribution in [0.4, 0.5) is 5.69 Å². The molecule has 2 aromatic carbocycles. The van der Waals surface area contributed by atoms with Crippen molar-refractivity contribution in [3.8, 4) is 5.75 Å². The lowest BCUT2D eigenvalue weighted by molar-refractivity contribution is -0.136. The Hall–Kier alpha value is -2.82. The molecule has 2 amide bonds. The summed E-state index contributed by atoms with van der Waals surface area (Å²) < 4.78 is 5.54. The standard InChI is InChI=1S/C21H26N2O3/c1-14(2)17-7-5-16(6-8-17)13-22-20(24)21(25)23-18-9-11-19(12-10-18)26-15(3)4/h5-12,14-15H,13H2,1-4H3,(H,22,24)(H,23,25). The van der Waals surface area contributed by atoms with Crippen LogP contribution in [0, 0.1) is 0 Å². The molecule has 0 aliphatic heterocycles. The van der Waals surface area contributed by atoms with Gasteiger partial charge < -0.3 is 15.4 Å². The molecule has 0 unspecified atom stereocenters. The van der Waals surface area contributed by atoms with Crippen molar-refractivity contribution in [1.82, 2.24) is 5.32 Å². The predicted octanol–water partition coefficient (Wildman–Crippen LogP) is 3.85. The second-order valence-electron chi connectivity index (χ2n) is 6.72. The molecule has 138 valence electrons. The van der Waals surface area contributed by atoms with Gasteiger partial charge >= 0.3 is 11.8 Å². The summed E-state index contributed by atoms with van der Waals surface area (Å²) in [5.41, 5.74) is 2.73. The maximum atomic E-state index is 12.0. The highest BCUT2D eigenvalue weighted by Gasteiger charge is 2.13. The molecule has 0 saturated heterocycles. The third-order valence-electron chi connectivity index (χ3n) is 3.79. The average Bonchev–Trinajstić information content (AvgIpc) is 2.61. The highest BCUT2D eigenvalue weighted by molar-refractivity contribution is 6.39. The third kappa shape index (κ3) is 5.92. The van der Waals surface area contributed by atoms with E-state index in [4.69, 9.17) is 4.74 Å². The van der Waals surface area contributed by atoms with Gasteiger partial charge in [-0.25, -0.2) is 0 Å². The van der Waals surface area contributed by atoms with E-state index in [2.05, 4.69) is 24.5 Å². The Balaban J connectivity index is 1.84. The van der Waals surface area contributed by atoms with Crippen molar-refractivity contribution in [1.29, 1.82) is 0 Å². The van der Waals surface area contributed by atoms with E-state index < -0.39 is 11.8 Å². The van der Waals surface area contributed by atoms with Gasteiger partial charge in [0.05, 0.1) is 6.10 Å². The molecule has 0 aliphatic rings. The molecule has 0 saturated carbocycles. The van der Waals surface area contributed by atoms with Crippen LogP contribution < -0.4 is 15.4 Å². The van der Waals surface area contributed by atoms with Crippen molar-refractivity contribution < 1.29 is 14.3 Å². The number of carbonyl (C=O) groups excluding carboxylic acids is 2. The van der Waals surface area contributed by atoms with Gasteiger partial charge in [-0.15, -0.1) is 0 Å². The zero-order chi connectivity index (χ0) is 19.1. The van der Waals surface area contributed by atoms with Crippen molar-refractivity contribution in [3.05, 3.63) is 59.7 Å². The van der Waals surface area contributed by atoms with Crippen LogP contribution >= 0.6 is 0 Å². The molecule has 0 heterocycles. The van der Waals surface area contributed by atoms with E-state index in [1.807, 2.05) is 38.1 Å². The number of hydrogen-bond donors (Lipinski definition) is 2. The number of hydrogen-bond acceptors (Lipinski definition) is 3. The fourth-order valence-electron chi connectivity index (χ4n) is 2.36. The molecule has 0 aliphatic carbocycles. The molecule has 5 heteroatoms. The zero-order valence-corrected chi connectivity index (χ0v) is 15.7. The second-order valence-corrected chi connectivity index (χ2v) is 6.72. The molecule has 0 fully saturated rings. The summed E-state index contributed by atoms with van der Waals surface area (Å²) in [6.07, 6.45) is 0.0795. The lowest BCUT2D eigenvalue weighted by atomic mass is 10.0. The van der Waals surface area contributed by atoms with Gasteiger partial charge in [0.15, 0.2) is 0 Å². The SMILES string of the molecule is CC(C)Oc1ccc(NC(=O)C(=O)NCc2ccc(C(C)C)cc2)cc1. The van der Waals surface area contributed by atoms with E-state index in [9.17, 15) is 9.59 Å². The highest BCUT2D eigenvalue weighted by Crippen LogP contribution is 2.17. The minimum Gasteiger partial charge on any atom is -0.491 e. The van der Waals surface area contributed by atoms with Gasteiger partial charge in [-0.05, 0) is 55.2 Å². The van der Waals surface area contributed by atoms with Gasteiger partial charge in [0.1, 0.15) is 5.75 Å². The Kier molecular flexibility index (Phi) is 6.78. The number of rotatable bonds is 6. The van der Waals surface area contributed by atoms with E-state index >= 15 is 0 Å². The molecule has 0 aromatic heterocycles. The third-order valence-corrected chi connectivity index (χ3v) is 3.79. The van der Waals surface area contributed by atoms with E-state index in [0.717, 1.165) is 5.56 Å². The largest absolute Gasteiger partial charge is 0.491 e. The number of anilines is 1. The predicted molar refractivity (Wildman–Crippen MR) is 103 cm³/mol. The molecule has 5 nitrogen and oxygen atoms in total. The van der Waals surface area contributed by atoms with Gasteiger partial charge in [-0.2, -0.15) is 0 Å². The average molecular weight is 354 g/mol. The first-order chi connectivity index (χ1) is 12.3. The van der Waals surface area contributed by atoms with Crippen LogP contribution in [0.5, 0.6) is 5.75 Å². The van der Waals surface area contributed by atoms with Crippen molar-refractivity contribution in [2.24, 2.45) is 0 Å². The zero-order valence-electron chi connectivity index (χ0n) is 15.7. The Morgan fingerprint density at radius 2 is 1.50 bits per heavy atom. The van der Waals surface area contributed by atoms with E-state index in [1.165, 1.54) is 5.56 Å². The first-order valence-electron chi connectivity index (χ1n) is 8.80. The minimum atomic E-state index is -0.693. The Bertz CT molecular complexity index is 735. The van der Waals surface area contributed by atoms with E-state index in [-0.39, 0.29) is 6.10 Å². The molecular weight excluding hydrogens is 328 g/mol. The van der Waals surface area contributed by atoms with Crippen LogP contribution in [0.15, 0.2) is 48.5 Å². The number of benzene rings is 2. The van der Waals surface area contributed by atoms with E-state index in [1.54, 1.807) is 24.3 Å². The summed E-state index contributed by atoms with van der Waals surface area (Å²) >= 11 is 0. The minimum absolute atomic E-state index is 0.0795. The Labute approximate surface area is 154 Å². The molecule has 26 heavy (non-hydrogen) atoms. The lowest BCUT2D eigenvalue weighted by Crippen LogP contribution is -2.34. The summed E-state index contributed by atoms with van der Waals surface area (Å²) in [5, 5.41) is 5.21. The topological polar surface area (TPSA) is 67.4 Å². The van der Waals surface area contributed by atoms with E-state index in [0.29, 0.717) is 23.9 Å². The van der Waals surface area contributed by atoms with Crippen LogP contribution in [0.3, 0.4) is 0 Å². The van der Waals surface area contributed by atoms with Crippen LogP contribution in [0.2, 0.25) is 0 Å². The van der Waals surface area contributed by atoms with Crippen LogP contribution in [0.1, 0.15) is 44.7 Å². The maximum Gasteiger partial charge on any atom is 0.313 e. The first-order valence-corrected chi connectivity index (χ1v) is 8.80.